The minimum atomic E-state index is -0.135. The van der Waals surface area contributed by atoms with Crippen molar-refractivity contribution in [1.82, 2.24) is 19.7 Å². The molecule has 0 aliphatic rings. The Morgan fingerprint density at radius 2 is 1.94 bits per heavy atom. The maximum atomic E-state index is 12.3. The van der Waals surface area contributed by atoms with Crippen LogP contribution in [-0.4, -0.2) is 25.5 Å². The van der Waals surface area contributed by atoms with Crippen LogP contribution < -0.4 is 0 Å². The van der Waals surface area contributed by atoms with Crippen molar-refractivity contribution in [3.8, 4) is 0 Å². The van der Waals surface area contributed by atoms with Crippen LogP contribution >= 0.6 is 15.9 Å². The van der Waals surface area contributed by atoms with Crippen LogP contribution in [0.4, 0.5) is 0 Å². The number of hydrogen-bond acceptors (Lipinski definition) is 4. The third kappa shape index (κ3) is 2.26. The summed E-state index contributed by atoms with van der Waals surface area (Å²) in [4.78, 5) is 20.0. The second-order valence-electron chi connectivity index (χ2n) is 3.84. The number of rotatable bonds is 3. The van der Waals surface area contributed by atoms with E-state index in [-0.39, 0.29) is 11.8 Å². The lowest BCUT2D eigenvalue weighted by Crippen LogP contribution is -2.14. The summed E-state index contributed by atoms with van der Waals surface area (Å²) in [6.45, 7) is 3.94. The molecule has 2 aromatic rings. The molecule has 5 nitrogen and oxygen atoms in total. The molecule has 2 aromatic heterocycles. The standard InChI is InChI=1S/C11H11BrN4O/c1-7(2)16-10(9(12)5-15-16)11(17)8-3-13-6-14-4-8/h3-7H,1-2H3. The monoisotopic (exact) mass is 294 g/mol. The third-order valence-electron chi connectivity index (χ3n) is 2.28. The summed E-state index contributed by atoms with van der Waals surface area (Å²) in [5.41, 5.74) is 0.977. The summed E-state index contributed by atoms with van der Waals surface area (Å²) in [5.74, 6) is -0.135. The van der Waals surface area contributed by atoms with Gasteiger partial charge in [-0.15, -0.1) is 0 Å². The van der Waals surface area contributed by atoms with Gasteiger partial charge in [0, 0.05) is 18.4 Å². The zero-order valence-corrected chi connectivity index (χ0v) is 11.0. The number of ketones is 1. The van der Waals surface area contributed by atoms with Crippen LogP contribution in [0, 0.1) is 0 Å². The molecule has 0 fully saturated rings. The Balaban J connectivity index is 2.48. The highest BCUT2D eigenvalue weighted by atomic mass is 79.9. The molecule has 0 aliphatic carbocycles. The lowest BCUT2D eigenvalue weighted by Gasteiger charge is -2.10. The Morgan fingerprint density at radius 1 is 1.29 bits per heavy atom. The SMILES string of the molecule is CC(C)n1ncc(Br)c1C(=O)c1cncnc1. The Bertz CT molecular complexity index is 536. The molecule has 0 N–H and O–H groups in total. The molecule has 88 valence electrons. The maximum absolute atomic E-state index is 12.3. The van der Waals surface area contributed by atoms with Crippen LogP contribution in [0.2, 0.25) is 0 Å². The molecule has 0 radical (unpaired) electrons. The quantitative estimate of drug-likeness (QED) is 0.815. The fraction of sp³-hybridized carbons (Fsp3) is 0.273. The van der Waals surface area contributed by atoms with Crippen molar-refractivity contribution in [3.63, 3.8) is 0 Å². The van der Waals surface area contributed by atoms with Crippen molar-refractivity contribution in [1.29, 1.82) is 0 Å². The number of aromatic nitrogens is 4. The molecule has 0 saturated heterocycles. The van der Waals surface area contributed by atoms with Gasteiger partial charge in [-0.3, -0.25) is 9.48 Å². The molecule has 0 spiro atoms. The van der Waals surface area contributed by atoms with Gasteiger partial charge in [0.1, 0.15) is 12.0 Å². The summed E-state index contributed by atoms with van der Waals surface area (Å²) in [6, 6.07) is 0.116. The molecule has 0 aromatic carbocycles. The molecule has 0 aliphatic heterocycles. The molecule has 0 unspecified atom stereocenters. The van der Waals surface area contributed by atoms with Crippen molar-refractivity contribution < 1.29 is 4.79 Å². The largest absolute Gasteiger partial charge is 0.287 e. The Hall–Kier alpha value is -1.56. The number of carbonyl (C=O) groups excluding carboxylic acids is 1. The predicted octanol–water partition coefficient (Wildman–Crippen LogP) is 2.25. The Kier molecular flexibility index (Phi) is 3.33. The van der Waals surface area contributed by atoms with Crippen molar-refractivity contribution in [2.75, 3.05) is 0 Å². The molecule has 2 heterocycles. The van der Waals surface area contributed by atoms with E-state index >= 15 is 0 Å². The summed E-state index contributed by atoms with van der Waals surface area (Å²) < 4.78 is 2.36. The lowest BCUT2D eigenvalue weighted by molar-refractivity contribution is 0.102. The molecule has 2 rings (SSSR count). The van der Waals surface area contributed by atoms with Gasteiger partial charge in [-0.2, -0.15) is 5.10 Å². The van der Waals surface area contributed by atoms with Crippen LogP contribution in [0.3, 0.4) is 0 Å². The fourth-order valence-corrected chi connectivity index (χ4v) is 1.95. The van der Waals surface area contributed by atoms with Gasteiger partial charge < -0.3 is 0 Å². The van der Waals surface area contributed by atoms with Gasteiger partial charge in [-0.1, -0.05) is 0 Å². The van der Waals surface area contributed by atoms with Gasteiger partial charge in [0.05, 0.1) is 16.2 Å². The van der Waals surface area contributed by atoms with Gasteiger partial charge in [-0.05, 0) is 29.8 Å². The molecule has 6 heteroatoms. The topological polar surface area (TPSA) is 60.7 Å². The third-order valence-corrected chi connectivity index (χ3v) is 2.86. The number of nitrogens with zero attached hydrogens (tertiary/aromatic N) is 4. The lowest BCUT2D eigenvalue weighted by atomic mass is 10.1. The van der Waals surface area contributed by atoms with Gasteiger partial charge in [0.25, 0.3) is 0 Å². The van der Waals surface area contributed by atoms with E-state index in [1.54, 1.807) is 10.9 Å². The van der Waals surface area contributed by atoms with Crippen molar-refractivity contribution in [3.05, 3.63) is 40.6 Å². The average molecular weight is 295 g/mol. The second-order valence-corrected chi connectivity index (χ2v) is 4.69. The van der Waals surface area contributed by atoms with Crippen LogP contribution in [0.25, 0.3) is 0 Å². The number of carbonyl (C=O) groups is 1. The summed E-state index contributed by atoms with van der Waals surface area (Å²) in [6.07, 6.45) is 6.02. The zero-order chi connectivity index (χ0) is 12.4. The van der Waals surface area contributed by atoms with Gasteiger partial charge in [0.15, 0.2) is 0 Å². The highest BCUT2D eigenvalue weighted by molar-refractivity contribution is 9.10. The highest BCUT2D eigenvalue weighted by Crippen LogP contribution is 2.22. The average Bonchev–Trinajstić information content (AvgIpc) is 2.71. The van der Waals surface area contributed by atoms with Crippen LogP contribution in [0.1, 0.15) is 35.9 Å². The van der Waals surface area contributed by atoms with E-state index in [0.29, 0.717) is 15.7 Å². The Labute approximate surface area is 107 Å². The predicted molar refractivity (Wildman–Crippen MR) is 65.8 cm³/mol. The van der Waals surface area contributed by atoms with E-state index in [9.17, 15) is 4.79 Å². The maximum Gasteiger partial charge on any atom is 0.215 e. The van der Waals surface area contributed by atoms with Gasteiger partial charge >= 0.3 is 0 Å². The summed E-state index contributed by atoms with van der Waals surface area (Å²) in [7, 11) is 0. The van der Waals surface area contributed by atoms with Crippen molar-refractivity contribution >= 4 is 21.7 Å². The van der Waals surface area contributed by atoms with Crippen LogP contribution in [-0.2, 0) is 0 Å². The minimum Gasteiger partial charge on any atom is -0.287 e. The fourth-order valence-electron chi connectivity index (χ4n) is 1.50. The second kappa shape index (κ2) is 4.75. The van der Waals surface area contributed by atoms with E-state index in [4.69, 9.17) is 0 Å². The molecule has 0 saturated carbocycles. The summed E-state index contributed by atoms with van der Waals surface area (Å²) >= 11 is 3.34. The first-order chi connectivity index (χ1) is 8.11. The van der Waals surface area contributed by atoms with Crippen molar-refractivity contribution in [2.24, 2.45) is 0 Å². The molecular formula is C11H11BrN4O. The first kappa shape index (κ1) is 11.9. The molecule has 0 bridgehead atoms. The highest BCUT2D eigenvalue weighted by Gasteiger charge is 2.20. The normalized spacial score (nSPS) is 10.8. The number of halogens is 1. The Morgan fingerprint density at radius 3 is 2.53 bits per heavy atom. The van der Waals surface area contributed by atoms with Crippen LogP contribution in [0.15, 0.2) is 29.4 Å². The first-order valence-corrected chi connectivity index (χ1v) is 5.93. The van der Waals surface area contributed by atoms with E-state index in [2.05, 4.69) is 31.0 Å². The number of hydrogen-bond donors (Lipinski definition) is 0. The zero-order valence-electron chi connectivity index (χ0n) is 9.46. The first-order valence-electron chi connectivity index (χ1n) is 5.14. The molecular weight excluding hydrogens is 284 g/mol. The van der Waals surface area contributed by atoms with E-state index in [0.717, 1.165) is 0 Å². The van der Waals surface area contributed by atoms with E-state index in [1.807, 2.05) is 13.8 Å². The van der Waals surface area contributed by atoms with Crippen molar-refractivity contribution in [2.45, 2.75) is 19.9 Å². The van der Waals surface area contributed by atoms with Crippen LogP contribution in [0.5, 0.6) is 0 Å². The smallest absolute Gasteiger partial charge is 0.215 e. The van der Waals surface area contributed by atoms with E-state index in [1.165, 1.54) is 18.7 Å². The molecule has 0 atom stereocenters. The van der Waals surface area contributed by atoms with Gasteiger partial charge in [0.2, 0.25) is 5.78 Å². The van der Waals surface area contributed by atoms with E-state index < -0.39 is 0 Å². The molecule has 17 heavy (non-hydrogen) atoms. The molecule has 0 amide bonds. The summed E-state index contributed by atoms with van der Waals surface area (Å²) in [5, 5.41) is 4.17. The van der Waals surface area contributed by atoms with Gasteiger partial charge in [-0.25, -0.2) is 9.97 Å². The minimum absolute atomic E-state index is 0.116.